The van der Waals surface area contributed by atoms with Gasteiger partial charge in [-0.2, -0.15) is 0 Å². The number of methoxy groups -OCH3 is 1. The van der Waals surface area contributed by atoms with Crippen molar-refractivity contribution in [2.24, 2.45) is 4.99 Å². The highest BCUT2D eigenvalue weighted by molar-refractivity contribution is 5.80. The summed E-state index contributed by atoms with van der Waals surface area (Å²) < 4.78 is 19.4. The zero-order chi connectivity index (χ0) is 21.5. The Kier molecular flexibility index (Phi) is 7.52. The van der Waals surface area contributed by atoms with Gasteiger partial charge in [0, 0.05) is 63.6 Å². The van der Waals surface area contributed by atoms with Gasteiger partial charge < -0.3 is 24.8 Å². The fraction of sp³-hybridized carbons (Fsp3) is 0.435. The lowest BCUT2D eigenvalue weighted by Crippen LogP contribution is -2.52. The summed E-state index contributed by atoms with van der Waals surface area (Å²) in [5.74, 6) is 1.59. The van der Waals surface area contributed by atoms with Crippen molar-refractivity contribution < 1.29 is 9.13 Å². The van der Waals surface area contributed by atoms with Crippen LogP contribution in [-0.2, 0) is 13.1 Å². The zero-order valence-electron chi connectivity index (χ0n) is 18.4. The molecular formula is C23H32FN5O. The highest BCUT2D eigenvalue weighted by atomic mass is 19.1. The first kappa shape index (κ1) is 21.9. The van der Waals surface area contributed by atoms with E-state index in [1.165, 1.54) is 5.69 Å². The van der Waals surface area contributed by atoms with E-state index in [1.807, 2.05) is 43.3 Å². The molecule has 30 heavy (non-hydrogen) atoms. The minimum Gasteiger partial charge on any atom is -0.497 e. The number of guanidine groups is 1. The molecule has 1 heterocycles. The highest BCUT2D eigenvalue weighted by Gasteiger charge is 2.20. The number of piperazine rings is 1. The lowest BCUT2D eigenvalue weighted by Gasteiger charge is -2.37. The van der Waals surface area contributed by atoms with Gasteiger partial charge in [-0.15, -0.1) is 0 Å². The maximum Gasteiger partial charge on any atom is 0.194 e. The molecule has 6 nitrogen and oxygen atoms in total. The van der Waals surface area contributed by atoms with E-state index in [4.69, 9.17) is 4.74 Å². The molecule has 0 aromatic heterocycles. The Morgan fingerprint density at radius 1 is 1.13 bits per heavy atom. The second kappa shape index (κ2) is 10.3. The molecule has 0 aliphatic carbocycles. The molecule has 0 unspecified atom stereocenters. The lowest BCUT2D eigenvalue weighted by molar-refractivity contribution is 0.371. The summed E-state index contributed by atoms with van der Waals surface area (Å²) >= 11 is 0. The van der Waals surface area contributed by atoms with E-state index in [-0.39, 0.29) is 5.82 Å². The van der Waals surface area contributed by atoms with Crippen molar-refractivity contribution in [3.8, 4) is 5.75 Å². The van der Waals surface area contributed by atoms with Crippen molar-refractivity contribution in [2.45, 2.75) is 13.1 Å². The summed E-state index contributed by atoms with van der Waals surface area (Å²) in [5.41, 5.74) is 2.93. The largest absolute Gasteiger partial charge is 0.497 e. The molecule has 1 aliphatic heterocycles. The van der Waals surface area contributed by atoms with Gasteiger partial charge in [0.1, 0.15) is 11.6 Å². The molecule has 0 amide bonds. The summed E-state index contributed by atoms with van der Waals surface area (Å²) in [6, 6.07) is 13.5. The van der Waals surface area contributed by atoms with Crippen LogP contribution in [0.3, 0.4) is 0 Å². The molecule has 1 N–H and O–H groups in total. The quantitative estimate of drug-likeness (QED) is 0.583. The minimum atomic E-state index is -0.162. The second-order valence-corrected chi connectivity index (χ2v) is 7.74. The van der Waals surface area contributed by atoms with Gasteiger partial charge in [0.05, 0.1) is 7.11 Å². The zero-order valence-corrected chi connectivity index (χ0v) is 18.4. The molecule has 0 atom stereocenters. The number of anilines is 1. The molecule has 7 heteroatoms. The molecule has 0 spiro atoms. The van der Waals surface area contributed by atoms with Crippen molar-refractivity contribution in [1.29, 1.82) is 0 Å². The first-order valence-electron chi connectivity index (χ1n) is 10.3. The van der Waals surface area contributed by atoms with Gasteiger partial charge in [0.25, 0.3) is 0 Å². The fourth-order valence-corrected chi connectivity index (χ4v) is 3.70. The molecule has 1 aliphatic rings. The predicted octanol–water partition coefficient (Wildman–Crippen LogP) is 2.79. The number of hydrogen-bond acceptors (Lipinski definition) is 4. The first-order chi connectivity index (χ1) is 14.5. The Bertz CT molecular complexity index is 862. The normalized spacial score (nSPS) is 14.9. The van der Waals surface area contributed by atoms with Gasteiger partial charge >= 0.3 is 0 Å². The average molecular weight is 414 g/mol. The highest BCUT2D eigenvalue weighted by Crippen LogP contribution is 2.22. The van der Waals surface area contributed by atoms with Crippen LogP contribution in [0.2, 0.25) is 0 Å². The Morgan fingerprint density at radius 3 is 2.57 bits per heavy atom. The SMILES string of the molecule is CN=C(NCc1ccc(F)c(CN(C)C)c1)N1CCN(c2cccc(OC)c2)CC1. The van der Waals surface area contributed by atoms with Gasteiger partial charge in [-0.3, -0.25) is 4.99 Å². The Balaban J connectivity index is 1.56. The molecule has 1 fully saturated rings. The third kappa shape index (κ3) is 5.63. The van der Waals surface area contributed by atoms with Crippen LogP contribution in [0.15, 0.2) is 47.5 Å². The van der Waals surface area contributed by atoms with Crippen molar-refractivity contribution in [1.82, 2.24) is 15.1 Å². The molecule has 0 saturated carbocycles. The van der Waals surface area contributed by atoms with Crippen molar-refractivity contribution >= 4 is 11.6 Å². The maximum absolute atomic E-state index is 14.0. The number of nitrogens with zero attached hydrogens (tertiary/aromatic N) is 4. The van der Waals surface area contributed by atoms with Crippen LogP contribution >= 0.6 is 0 Å². The number of halogens is 1. The Hall–Kier alpha value is -2.80. The van der Waals surface area contributed by atoms with Crippen molar-refractivity contribution in [3.63, 3.8) is 0 Å². The van der Waals surface area contributed by atoms with Gasteiger partial charge in [0.15, 0.2) is 5.96 Å². The number of nitrogens with one attached hydrogen (secondary N) is 1. The number of hydrogen-bond donors (Lipinski definition) is 1. The topological polar surface area (TPSA) is 43.3 Å². The van der Waals surface area contributed by atoms with Crippen LogP contribution in [0.1, 0.15) is 11.1 Å². The van der Waals surface area contributed by atoms with Gasteiger partial charge in [-0.1, -0.05) is 12.1 Å². The Labute approximate surface area is 179 Å². The summed E-state index contributed by atoms with van der Waals surface area (Å²) in [7, 11) is 7.38. The number of aliphatic imine (C=N–C) groups is 1. The molecule has 2 aromatic rings. The van der Waals surface area contributed by atoms with E-state index < -0.39 is 0 Å². The van der Waals surface area contributed by atoms with Crippen molar-refractivity contribution in [3.05, 3.63) is 59.4 Å². The van der Waals surface area contributed by atoms with Crippen LogP contribution in [0.25, 0.3) is 0 Å². The molecule has 1 saturated heterocycles. The summed E-state index contributed by atoms with van der Waals surface area (Å²) in [4.78, 5) is 11.0. The number of ether oxygens (including phenoxy) is 1. The minimum absolute atomic E-state index is 0.162. The van der Waals surface area contributed by atoms with Crippen LogP contribution in [0, 0.1) is 5.82 Å². The summed E-state index contributed by atoms with van der Waals surface area (Å²) in [6.45, 7) is 4.79. The lowest BCUT2D eigenvalue weighted by atomic mass is 10.1. The van der Waals surface area contributed by atoms with E-state index in [1.54, 1.807) is 20.2 Å². The third-order valence-electron chi connectivity index (χ3n) is 5.26. The van der Waals surface area contributed by atoms with E-state index in [0.717, 1.165) is 43.5 Å². The molecule has 2 aromatic carbocycles. The molecule has 0 bridgehead atoms. The fourth-order valence-electron chi connectivity index (χ4n) is 3.70. The molecular weight excluding hydrogens is 381 g/mol. The predicted molar refractivity (Wildman–Crippen MR) is 121 cm³/mol. The van der Waals surface area contributed by atoms with Crippen LogP contribution < -0.4 is 15.0 Å². The van der Waals surface area contributed by atoms with E-state index in [9.17, 15) is 4.39 Å². The van der Waals surface area contributed by atoms with Gasteiger partial charge in [0.2, 0.25) is 0 Å². The van der Waals surface area contributed by atoms with Crippen LogP contribution in [-0.4, -0.2) is 70.2 Å². The molecule has 3 rings (SSSR count). The van der Waals surface area contributed by atoms with Gasteiger partial charge in [-0.25, -0.2) is 4.39 Å². The molecule has 162 valence electrons. The number of rotatable bonds is 6. The summed E-state index contributed by atoms with van der Waals surface area (Å²) in [5, 5.41) is 3.43. The maximum atomic E-state index is 14.0. The van der Waals surface area contributed by atoms with Crippen molar-refractivity contribution in [2.75, 3.05) is 59.3 Å². The number of benzene rings is 2. The van der Waals surface area contributed by atoms with Crippen LogP contribution in [0.4, 0.5) is 10.1 Å². The monoisotopic (exact) mass is 413 g/mol. The van der Waals surface area contributed by atoms with Gasteiger partial charge in [-0.05, 0) is 43.9 Å². The average Bonchev–Trinajstić information content (AvgIpc) is 2.76. The second-order valence-electron chi connectivity index (χ2n) is 7.74. The van der Waals surface area contributed by atoms with E-state index >= 15 is 0 Å². The third-order valence-corrected chi connectivity index (χ3v) is 5.26. The van der Waals surface area contributed by atoms with Crippen LogP contribution in [0.5, 0.6) is 5.75 Å². The smallest absolute Gasteiger partial charge is 0.194 e. The standard InChI is InChI=1S/C23H32FN5O/c1-25-23(26-16-18-8-9-22(24)19(14-18)17-27(2)3)29-12-10-28(11-13-29)20-6-5-7-21(15-20)30-4/h5-9,14-15H,10-13,16-17H2,1-4H3,(H,25,26). The Morgan fingerprint density at radius 2 is 1.90 bits per heavy atom. The first-order valence-corrected chi connectivity index (χ1v) is 10.3. The molecule has 0 radical (unpaired) electrons. The van der Waals surface area contributed by atoms with E-state index in [2.05, 4.69) is 32.2 Å². The summed E-state index contributed by atoms with van der Waals surface area (Å²) in [6.07, 6.45) is 0. The van der Waals surface area contributed by atoms with E-state index in [0.29, 0.717) is 18.7 Å².